The lowest BCUT2D eigenvalue weighted by Crippen LogP contribution is -2.48. The number of carbonyl (C=O) groups is 1. The van der Waals surface area contributed by atoms with Crippen molar-refractivity contribution in [2.45, 2.75) is 44.6 Å². The molecule has 0 spiro atoms. The summed E-state index contributed by atoms with van der Waals surface area (Å²) in [5, 5.41) is 0.999. The van der Waals surface area contributed by atoms with Crippen molar-refractivity contribution in [1.29, 1.82) is 0 Å². The Morgan fingerprint density at radius 2 is 1.97 bits per heavy atom. The molecule has 152 valence electrons. The molecule has 0 bridgehead atoms. The SMILES string of the molecule is CCN(CC1CCCO1)C(=O)C(C)(Cc1nc2ccccc2s1)c1ccccc1. The third-order valence-corrected chi connectivity index (χ3v) is 6.88. The summed E-state index contributed by atoms with van der Waals surface area (Å²) in [7, 11) is 0. The van der Waals surface area contributed by atoms with E-state index in [4.69, 9.17) is 9.72 Å². The van der Waals surface area contributed by atoms with Crippen molar-refractivity contribution in [2.75, 3.05) is 19.7 Å². The van der Waals surface area contributed by atoms with Gasteiger partial charge in [0.1, 0.15) is 0 Å². The topological polar surface area (TPSA) is 42.4 Å². The van der Waals surface area contributed by atoms with E-state index in [1.807, 2.05) is 41.3 Å². The predicted molar refractivity (Wildman–Crippen MR) is 118 cm³/mol. The van der Waals surface area contributed by atoms with Gasteiger partial charge in [-0.15, -0.1) is 11.3 Å². The first-order valence-corrected chi connectivity index (χ1v) is 11.2. The standard InChI is InChI=1S/C24H28N2O2S/c1-3-26(17-19-12-9-15-28-19)23(27)24(2,18-10-5-4-6-11-18)16-22-25-20-13-7-8-14-21(20)29-22/h4-8,10-11,13-14,19H,3,9,12,15-17H2,1-2H3. The maximum Gasteiger partial charge on any atom is 0.233 e. The van der Waals surface area contributed by atoms with Gasteiger partial charge in [-0.1, -0.05) is 42.5 Å². The van der Waals surface area contributed by atoms with Gasteiger partial charge in [-0.3, -0.25) is 4.79 Å². The Morgan fingerprint density at radius 3 is 2.66 bits per heavy atom. The normalized spacial score (nSPS) is 18.6. The average molecular weight is 409 g/mol. The third-order valence-electron chi connectivity index (χ3n) is 5.84. The van der Waals surface area contributed by atoms with Crippen molar-refractivity contribution >= 4 is 27.5 Å². The van der Waals surface area contributed by atoms with Crippen LogP contribution in [0, 0.1) is 0 Å². The first kappa shape index (κ1) is 20.0. The van der Waals surface area contributed by atoms with Crippen LogP contribution in [0.1, 0.15) is 37.3 Å². The Hall–Kier alpha value is -2.24. The Kier molecular flexibility index (Phi) is 5.97. The van der Waals surface area contributed by atoms with Gasteiger partial charge in [-0.2, -0.15) is 0 Å². The van der Waals surface area contributed by atoms with Crippen LogP contribution in [0.3, 0.4) is 0 Å². The molecule has 29 heavy (non-hydrogen) atoms. The first-order valence-electron chi connectivity index (χ1n) is 10.4. The van der Waals surface area contributed by atoms with E-state index in [0.717, 1.165) is 40.2 Å². The van der Waals surface area contributed by atoms with Crippen LogP contribution >= 0.6 is 11.3 Å². The molecule has 1 aliphatic rings. The molecule has 1 saturated heterocycles. The fourth-order valence-corrected chi connectivity index (χ4v) is 5.27. The molecule has 1 aromatic heterocycles. The molecule has 0 N–H and O–H groups in total. The summed E-state index contributed by atoms with van der Waals surface area (Å²) in [6.07, 6.45) is 2.86. The molecule has 0 saturated carbocycles. The van der Waals surface area contributed by atoms with Crippen LogP contribution in [0.2, 0.25) is 0 Å². The van der Waals surface area contributed by atoms with Gasteiger partial charge >= 0.3 is 0 Å². The lowest BCUT2D eigenvalue weighted by atomic mass is 9.78. The van der Waals surface area contributed by atoms with Crippen LogP contribution < -0.4 is 0 Å². The number of hydrogen-bond acceptors (Lipinski definition) is 4. The second-order valence-electron chi connectivity index (χ2n) is 7.93. The van der Waals surface area contributed by atoms with Crippen molar-refractivity contribution < 1.29 is 9.53 Å². The molecule has 2 unspecified atom stereocenters. The highest BCUT2D eigenvalue weighted by Crippen LogP contribution is 2.34. The molecular formula is C24H28N2O2S. The van der Waals surface area contributed by atoms with Crippen LogP contribution in [0.5, 0.6) is 0 Å². The molecule has 2 aromatic carbocycles. The highest BCUT2D eigenvalue weighted by atomic mass is 32.1. The van der Waals surface area contributed by atoms with E-state index >= 15 is 0 Å². The minimum atomic E-state index is -0.663. The summed E-state index contributed by atoms with van der Waals surface area (Å²) in [4.78, 5) is 20.6. The van der Waals surface area contributed by atoms with E-state index in [2.05, 4.69) is 32.0 Å². The average Bonchev–Trinajstić information content (AvgIpc) is 3.41. The number of thiazole rings is 1. The summed E-state index contributed by atoms with van der Waals surface area (Å²) >= 11 is 1.68. The molecule has 1 fully saturated rings. The van der Waals surface area contributed by atoms with E-state index in [-0.39, 0.29) is 12.0 Å². The minimum Gasteiger partial charge on any atom is -0.376 e. The van der Waals surface area contributed by atoms with Gasteiger partial charge in [0.15, 0.2) is 0 Å². The Bertz CT molecular complexity index is 932. The van der Waals surface area contributed by atoms with Gasteiger partial charge in [0.05, 0.1) is 26.7 Å². The summed E-state index contributed by atoms with van der Waals surface area (Å²) in [6.45, 7) is 6.27. The summed E-state index contributed by atoms with van der Waals surface area (Å²) in [5.41, 5.74) is 1.38. The van der Waals surface area contributed by atoms with Crippen molar-refractivity contribution in [3.8, 4) is 0 Å². The molecule has 2 atom stereocenters. The van der Waals surface area contributed by atoms with Gasteiger partial charge in [0.25, 0.3) is 0 Å². The Labute approximate surface area is 176 Å². The molecule has 5 heteroatoms. The fraction of sp³-hybridized carbons (Fsp3) is 0.417. The Balaban J connectivity index is 1.66. The zero-order valence-corrected chi connectivity index (χ0v) is 18.0. The quantitative estimate of drug-likeness (QED) is 0.563. The zero-order chi connectivity index (χ0) is 20.3. The lowest BCUT2D eigenvalue weighted by Gasteiger charge is -2.35. The molecular weight excluding hydrogens is 380 g/mol. The number of para-hydroxylation sites is 1. The monoisotopic (exact) mass is 408 g/mol. The van der Waals surface area contributed by atoms with E-state index < -0.39 is 5.41 Å². The lowest BCUT2D eigenvalue weighted by molar-refractivity contribution is -0.138. The summed E-state index contributed by atoms with van der Waals surface area (Å²) in [6, 6.07) is 18.3. The fourth-order valence-electron chi connectivity index (χ4n) is 4.14. The van der Waals surface area contributed by atoms with Gasteiger partial charge in [-0.25, -0.2) is 4.98 Å². The highest BCUT2D eigenvalue weighted by Gasteiger charge is 2.40. The molecule has 0 radical (unpaired) electrons. The molecule has 2 heterocycles. The number of rotatable bonds is 7. The second kappa shape index (κ2) is 8.64. The number of hydrogen-bond donors (Lipinski definition) is 0. The van der Waals surface area contributed by atoms with Crippen LogP contribution in [-0.4, -0.2) is 41.6 Å². The van der Waals surface area contributed by atoms with Crippen LogP contribution in [-0.2, 0) is 21.4 Å². The van der Waals surface area contributed by atoms with Crippen molar-refractivity contribution in [3.63, 3.8) is 0 Å². The van der Waals surface area contributed by atoms with Crippen molar-refractivity contribution in [3.05, 3.63) is 65.2 Å². The maximum atomic E-state index is 13.9. The van der Waals surface area contributed by atoms with E-state index in [9.17, 15) is 4.79 Å². The summed E-state index contributed by atoms with van der Waals surface area (Å²) < 4.78 is 6.97. The summed E-state index contributed by atoms with van der Waals surface area (Å²) in [5.74, 6) is 0.154. The number of aromatic nitrogens is 1. The predicted octanol–water partition coefficient (Wildman–Crippen LogP) is 4.82. The highest BCUT2D eigenvalue weighted by molar-refractivity contribution is 7.18. The number of carbonyl (C=O) groups excluding carboxylic acids is 1. The number of nitrogens with zero attached hydrogens (tertiary/aromatic N) is 2. The molecule has 1 amide bonds. The molecule has 4 rings (SSSR count). The third kappa shape index (κ3) is 4.21. The number of ether oxygens (including phenoxy) is 1. The molecule has 4 nitrogen and oxygen atoms in total. The number of fused-ring (bicyclic) bond motifs is 1. The first-order chi connectivity index (χ1) is 14.1. The smallest absolute Gasteiger partial charge is 0.233 e. The van der Waals surface area contributed by atoms with Crippen molar-refractivity contribution in [2.24, 2.45) is 0 Å². The van der Waals surface area contributed by atoms with E-state index in [1.165, 1.54) is 0 Å². The number of likely N-dealkylation sites (N-methyl/N-ethyl adjacent to an activating group) is 1. The minimum absolute atomic E-state index is 0.154. The van der Waals surface area contributed by atoms with E-state index in [1.54, 1.807) is 11.3 Å². The van der Waals surface area contributed by atoms with Crippen LogP contribution in [0.15, 0.2) is 54.6 Å². The largest absolute Gasteiger partial charge is 0.376 e. The van der Waals surface area contributed by atoms with Crippen LogP contribution in [0.25, 0.3) is 10.2 Å². The van der Waals surface area contributed by atoms with Crippen molar-refractivity contribution in [1.82, 2.24) is 9.88 Å². The molecule has 1 aliphatic heterocycles. The molecule has 0 aliphatic carbocycles. The van der Waals surface area contributed by atoms with Gasteiger partial charge in [0.2, 0.25) is 5.91 Å². The Morgan fingerprint density at radius 1 is 1.21 bits per heavy atom. The number of benzene rings is 2. The van der Waals surface area contributed by atoms with Gasteiger partial charge in [-0.05, 0) is 44.4 Å². The second-order valence-corrected chi connectivity index (χ2v) is 9.04. The van der Waals surface area contributed by atoms with E-state index in [0.29, 0.717) is 19.5 Å². The van der Waals surface area contributed by atoms with Crippen LogP contribution in [0.4, 0.5) is 0 Å². The maximum absolute atomic E-state index is 13.9. The van der Waals surface area contributed by atoms with Gasteiger partial charge in [0, 0.05) is 26.1 Å². The molecule has 3 aromatic rings. The van der Waals surface area contributed by atoms with Gasteiger partial charge < -0.3 is 9.64 Å². The number of amides is 1. The zero-order valence-electron chi connectivity index (χ0n) is 17.1.